The van der Waals surface area contributed by atoms with Crippen molar-refractivity contribution in [3.8, 4) is 28.1 Å². The van der Waals surface area contributed by atoms with Crippen molar-refractivity contribution in [3.05, 3.63) is 61.1 Å². The van der Waals surface area contributed by atoms with Crippen LogP contribution in [0.4, 0.5) is 5.82 Å². The van der Waals surface area contributed by atoms with Gasteiger partial charge in [-0.25, -0.2) is 4.98 Å². The molecule has 0 fully saturated rings. The molecule has 0 spiro atoms. The highest BCUT2D eigenvalue weighted by Crippen LogP contribution is 2.32. The van der Waals surface area contributed by atoms with E-state index in [0.29, 0.717) is 0 Å². The highest BCUT2D eigenvalue weighted by atomic mass is 16.5. The molecule has 29 heavy (non-hydrogen) atoms. The molecular weight excluding hydrogens is 362 g/mol. The molecule has 4 rings (SSSR count). The maximum atomic E-state index is 5.27. The van der Waals surface area contributed by atoms with E-state index in [1.807, 2.05) is 18.3 Å². The summed E-state index contributed by atoms with van der Waals surface area (Å²) < 4.78 is 5.27. The van der Waals surface area contributed by atoms with Crippen LogP contribution in [0.25, 0.3) is 33.3 Å². The third-order valence-electron chi connectivity index (χ3n) is 4.88. The monoisotopic (exact) mass is 387 g/mol. The quantitative estimate of drug-likeness (QED) is 0.496. The highest BCUT2D eigenvalue weighted by Gasteiger charge is 2.09. The van der Waals surface area contributed by atoms with E-state index in [1.165, 1.54) is 0 Å². The van der Waals surface area contributed by atoms with Crippen molar-refractivity contribution < 1.29 is 4.74 Å². The van der Waals surface area contributed by atoms with Gasteiger partial charge in [0.05, 0.1) is 25.2 Å². The summed E-state index contributed by atoms with van der Waals surface area (Å²) in [6, 6.07) is 14.4. The number of nitrogens with one attached hydrogen (secondary N) is 2. The van der Waals surface area contributed by atoms with Gasteiger partial charge in [-0.15, -0.1) is 0 Å². The molecule has 6 heteroatoms. The minimum atomic E-state index is 0.786. The number of aromatic nitrogens is 3. The Balaban J connectivity index is 1.65. The van der Waals surface area contributed by atoms with Crippen LogP contribution in [0.15, 0.2) is 61.1 Å². The lowest BCUT2D eigenvalue weighted by Crippen LogP contribution is -2.21. The molecule has 0 amide bonds. The number of ether oxygens (including phenoxy) is 1. The molecule has 0 unspecified atom stereocenters. The van der Waals surface area contributed by atoms with Crippen LogP contribution in [0.2, 0.25) is 0 Å². The minimum absolute atomic E-state index is 0.786. The molecule has 2 heterocycles. The van der Waals surface area contributed by atoms with Crippen molar-refractivity contribution in [2.24, 2.45) is 0 Å². The predicted octanol–water partition coefficient (Wildman–Crippen LogP) is 4.27. The summed E-state index contributed by atoms with van der Waals surface area (Å²) in [6.45, 7) is 1.76. The number of aromatic amines is 1. The Morgan fingerprint density at radius 3 is 2.59 bits per heavy atom. The number of H-pyrrole nitrogens is 1. The van der Waals surface area contributed by atoms with E-state index >= 15 is 0 Å². The van der Waals surface area contributed by atoms with Crippen LogP contribution in [-0.4, -0.2) is 54.1 Å². The van der Waals surface area contributed by atoms with Crippen LogP contribution >= 0.6 is 0 Å². The number of methoxy groups -OCH3 is 1. The van der Waals surface area contributed by atoms with Crippen molar-refractivity contribution in [2.45, 2.75) is 0 Å². The lowest BCUT2D eigenvalue weighted by Gasteiger charge is -2.11. The first-order valence-electron chi connectivity index (χ1n) is 9.60. The van der Waals surface area contributed by atoms with Crippen molar-refractivity contribution >= 4 is 16.7 Å². The van der Waals surface area contributed by atoms with Gasteiger partial charge in [-0.3, -0.25) is 4.98 Å². The minimum Gasteiger partial charge on any atom is -0.497 e. The molecule has 0 saturated heterocycles. The molecule has 148 valence electrons. The molecular formula is C23H25N5O. The predicted molar refractivity (Wildman–Crippen MR) is 118 cm³/mol. The van der Waals surface area contributed by atoms with Crippen molar-refractivity contribution in [3.63, 3.8) is 0 Å². The van der Waals surface area contributed by atoms with E-state index in [4.69, 9.17) is 9.72 Å². The van der Waals surface area contributed by atoms with Gasteiger partial charge in [0.15, 0.2) is 0 Å². The molecule has 2 aromatic carbocycles. The summed E-state index contributed by atoms with van der Waals surface area (Å²) in [5.74, 6) is 1.64. The van der Waals surface area contributed by atoms with Gasteiger partial charge in [0.2, 0.25) is 0 Å². The van der Waals surface area contributed by atoms with Crippen LogP contribution in [-0.2, 0) is 0 Å². The third kappa shape index (κ3) is 4.22. The Morgan fingerprint density at radius 2 is 1.83 bits per heavy atom. The normalized spacial score (nSPS) is 11.2. The molecule has 0 radical (unpaired) electrons. The largest absolute Gasteiger partial charge is 0.497 e. The Bertz CT molecular complexity index is 1100. The van der Waals surface area contributed by atoms with Crippen LogP contribution in [0.5, 0.6) is 5.75 Å². The second-order valence-electron chi connectivity index (χ2n) is 7.21. The van der Waals surface area contributed by atoms with Crippen molar-refractivity contribution in [2.75, 3.05) is 39.6 Å². The molecule has 0 saturated carbocycles. The number of hydrogen-bond donors (Lipinski definition) is 2. The van der Waals surface area contributed by atoms with Gasteiger partial charge in [-0.1, -0.05) is 18.2 Å². The number of nitrogens with zero attached hydrogens (tertiary/aromatic N) is 3. The third-order valence-corrected chi connectivity index (χ3v) is 4.88. The zero-order valence-electron chi connectivity index (χ0n) is 16.9. The lowest BCUT2D eigenvalue weighted by atomic mass is 10.0. The smallest absolute Gasteiger partial charge is 0.145 e. The van der Waals surface area contributed by atoms with Gasteiger partial charge in [0.1, 0.15) is 11.6 Å². The Hall–Kier alpha value is -3.38. The number of hydrogen-bond acceptors (Lipinski definition) is 5. The summed E-state index contributed by atoms with van der Waals surface area (Å²) in [5.41, 5.74) is 5.27. The Morgan fingerprint density at radius 1 is 1.03 bits per heavy atom. The van der Waals surface area contributed by atoms with Crippen LogP contribution in [0, 0.1) is 0 Å². The van der Waals surface area contributed by atoms with Gasteiger partial charge in [-0.05, 0) is 43.9 Å². The zero-order chi connectivity index (χ0) is 20.2. The summed E-state index contributed by atoms with van der Waals surface area (Å²) in [7, 11) is 5.78. The summed E-state index contributed by atoms with van der Waals surface area (Å²) in [5, 5.41) is 4.49. The Labute approximate surface area is 170 Å². The first kappa shape index (κ1) is 19.0. The number of fused-ring (bicyclic) bond motifs is 1. The first-order chi connectivity index (χ1) is 14.1. The van der Waals surface area contributed by atoms with Gasteiger partial charge in [-0.2, -0.15) is 0 Å². The van der Waals surface area contributed by atoms with Crippen molar-refractivity contribution in [1.82, 2.24) is 19.9 Å². The molecule has 0 aliphatic heterocycles. The zero-order valence-corrected chi connectivity index (χ0v) is 16.9. The lowest BCUT2D eigenvalue weighted by molar-refractivity contribution is 0.415. The molecule has 2 aromatic heterocycles. The van der Waals surface area contributed by atoms with Gasteiger partial charge in [0, 0.05) is 41.3 Å². The fourth-order valence-corrected chi connectivity index (χ4v) is 3.29. The van der Waals surface area contributed by atoms with Crippen LogP contribution in [0.3, 0.4) is 0 Å². The molecule has 0 aliphatic carbocycles. The van der Waals surface area contributed by atoms with Crippen LogP contribution < -0.4 is 10.1 Å². The van der Waals surface area contributed by atoms with Gasteiger partial charge >= 0.3 is 0 Å². The summed E-state index contributed by atoms with van der Waals surface area (Å²) in [6.07, 6.45) is 5.61. The second kappa shape index (κ2) is 8.32. The maximum Gasteiger partial charge on any atom is 0.145 e. The number of benzene rings is 2. The molecule has 0 bridgehead atoms. The fourth-order valence-electron chi connectivity index (χ4n) is 3.29. The molecule has 6 nitrogen and oxygen atoms in total. The van der Waals surface area contributed by atoms with Crippen molar-refractivity contribution in [1.29, 1.82) is 0 Å². The standard InChI is InChI=1S/C23H25N5O/c1-28(2)11-10-25-23-15-24-14-22(27-23)17-6-9-21-19(12-17)20(13-26-21)16-4-7-18(29-3)8-5-16/h4-9,12-15,26H,10-11H2,1-3H3,(H,25,27). The fraction of sp³-hybridized carbons (Fsp3) is 0.217. The number of rotatable bonds is 7. The first-order valence-corrected chi connectivity index (χ1v) is 9.60. The topological polar surface area (TPSA) is 66.1 Å². The Kier molecular flexibility index (Phi) is 5.44. The van der Waals surface area contributed by atoms with E-state index in [0.717, 1.165) is 57.9 Å². The van der Waals surface area contributed by atoms with E-state index in [9.17, 15) is 0 Å². The van der Waals surface area contributed by atoms with E-state index < -0.39 is 0 Å². The van der Waals surface area contributed by atoms with E-state index in [1.54, 1.807) is 19.5 Å². The molecule has 0 atom stereocenters. The average Bonchev–Trinajstić information content (AvgIpc) is 3.17. The van der Waals surface area contributed by atoms with Crippen LogP contribution in [0.1, 0.15) is 0 Å². The van der Waals surface area contributed by atoms with Gasteiger partial charge in [0.25, 0.3) is 0 Å². The summed E-state index contributed by atoms with van der Waals surface area (Å²) >= 11 is 0. The average molecular weight is 387 g/mol. The summed E-state index contributed by atoms with van der Waals surface area (Å²) in [4.78, 5) is 14.6. The molecule has 0 aliphatic rings. The second-order valence-corrected chi connectivity index (χ2v) is 7.21. The molecule has 2 N–H and O–H groups in total. The van der Waals surface area contributed by atoms with E-state index in [-0.39, 0.29) is 0 Å². The number of anilines is 1. The molecule has 4 aromatic rings. The van der Waals surface area contributed by atoms with Gasteiger partial charge < -0.3 is 19.9 Å². The number of likely N-dealkylation sites (N-methyl/N-ethyl adjacent to an activating group) is 1. The van der Waals surface area contributed by atoms with E-state index in [2.05, 4.69) is 64.6 Å². The highest BCUT2D eigenvalue weighted by molar-refractivity contribution is 5.97. The SMILES string of the molecule is COc1ccc(-c2c[nH]c3ccc(-c4cncc(NCCN(C)C)n4)cc23)cc1. The maximum absolute atomic E-state index is 5.27.